The van der Waals surface area contributed by atoms with Gasteiger partial charge in [-0.05, 0) is 77.2 Å². The highest BCUT2D eigenvalue weighted by Crippen LogP contribution is 2.46. The van der Waals surface area contributed by atoms with Crippen molar-refractivity contribution in [2.45, 2.75) is 6.42 Å². The molecular weight excluding hydrogens is 502 g/mol. The van der Waals surface area contributed by atoms with Crippen molar-refractivity contribution in [3.05, 3.63) is 127 Å². The van der Waals surface area contributed by atoms with Crippen molar-refractivity contribution in [3.63, 3.8) is 0 Å². The van der Waals surface area contributed by atoms with Crippen molar-refractivity contribution in [3.8, 4) is 16.8 Å². The first-order chi connectivity index (χ1) is 20.3. The van der Waals surface area contributed by atoms with Gasteiger partial charge in [-0.3, -0.25) is 14.4 Å². The Hall–Kier alpha value is -5.55. The fourth-order valence-corrected chi connectivity index (χ4v) is 7.16. The molecule has 0 saturated heterocycles. The summed E-state index contributed by atoms with van der Waals surface area (Å²) in [4.78, 5) is 14.5. The molecule has 0 radical (unpaired) electrons. The van der Waals surface area contributed by atoms with Crippen molar-refractivity contribution in [1.82, 2.24) is 23.9 Å². The minimum Gasteiger partial charge on any atom is -0.309 e. The van der Waals surface area contributed by atoms with Gasteiger partial charge in [-0.25, -0.2) is 4.98 Å². The van der Waals surface area contributed by atoms with Gasteiger partial charge in [0.05, 0.1) is 39.3 Å². The van der Waals surface area contributed by atoms with Crippen molar-refractivity contribution in [2.24, 2.45) is 0 Å². The highest BCUT2D eigenvalue weighted by molar-refractivity contribution is 6.17. The number of benzene rings is 4. The van der Waals surface area contributed by atoms with Gasteiger partial charge in [-0.1, -0.05) is 48.5 Å². The van der Waals surface area contributed by atoms with E-state index in [1.807, 2.05) is 30.7 Å². The van der Waals surface area contributed by atoms with Crippen molar-refractivity contribution in [2.75, 3.05) is 0 Å². The zero-order chi connectivity index (χ0) is 26.7. The van der Waals surface area contributed by atoms with Crippen LogP contribution in [0.15, 0.2) is 116 Å². The molecule has 1 aliphatic rings. The van der Waals surface area contributed by atoms with Crippen LogP contribution in [0, 0.1) is 0 Å². The summed E-state index contributed by atoms with van der Waals surface area (Å²) < 4.78 is 4.64. The van der Waals surface area contributed by atoms with Crippen LogP contribution >= 0.6 is 0 Å². The number of hydrogen-bond acceptors (Lipinski definition) is 3. The first-order valence-electron chi connectivity index (χ1n) is 13.9. The topological polar surface area (TPSA) is 48.0 Å². The highest BCUT2D eigenvalue weighted by Gasteiger charge is 2.26. The largest absolute Gasteiger partial charge is 0.309 e. The maximum absolute atomic E-state index is 5.16. The second kappa shape index (κ2) is 7.55. The molecule has 0 saturated carbocycles. The Labute approximate surface area is 234 Å². The van der Waals surface area contributed by atoms with E-state index in [4.69, 9.17) is 9.97 Å². The van der Waals surface area contributed by atoms with Gasteiger partial charge in [-0.15, -0.1) is 0 Å². The lowest BCUT2D eigenvalue weighted by Crippen LogP contribution is -1.96. The normalized spacial score (nSPS) is 12.8. The van der Waals surface area contributed by atoms with E-state index in [1.165, 1.54) is 55.1 Å². The molecule has 5 nitrogen and oxygen atoms in total. The van der Waals surface area contributed by atoms with Crippen LogP contribution in [0.5, 0.6) is 0 Å². The van der Waals surface area contributed by atoms with Gasteiger partial charge in [-0.2, -0.15) is 0 Å². The number of fused-ring (bicyclic) bond motifs is 15. The van der Waals surface area contributed by atoms with Crippen LogP contribution < -0.4 is 0 Å². The fourth-order valence-electron chi connectivity index (χ4n) is 7.16. The molecule has 10 rings (SSSR count). The Morgan fingerprint density at radius 1 is 0.634 bits per heavy atom. The van der Waals surface area contributed by atoms with Crippen LogP contribution in [-0.2, 0) is 6.42 Å². The van der Waals surface area contributed by atoms with Gasteiger partial charge in [0.2, 0.25) is 0 Å². The molecular formula is C36H21N5. The summed E-state index contributed by atoms with van der Waals surface area (Å²) in [6.07, 6.45) is 6.46. The van der Waals surface area contributed by atoms with Crippen LogP contribution in [0.3, 0.4) is 0 Å². The average Bonchev–Trinajstić information content (AvgIpc) is 3.69. The third-order valence-electron chi connectivity index (χ3n) is 8.85. The molecule has 190 valence electrons. The van der Waals surface area contributed by atoms with Gasteiger partial charge in [0.15, 0.2) is 0 Å². The summed E-state index contributed by atoms with van der Waals surface area (Å²) in [5.41, 5.74) is 13.8. The Morgan fingerprint density at radius 2 is 1.51 bits per heavy atom. The Kier molecular flexibility index (Phi) is 3.92. The molecule has 0 atom stereocenters. The lowest BCUT2D eigenvalue weighted by atomic mass is 9.98. The smallest absolute Gasteiger partial charge is 0.146 e. The number of rotatable bonds is 1. The van der Waals surface area contributed by atoms with Gasteiger partial charge in [0, 0.05) is 39.6 Å². The molecule has 0 amide bonds. The quantitative estimate of drug-likeness (QED) is 0.204. The predicted molar refractivity (Wildman–Crippen MR) is 166 cm³/mol. The summed E-state index contributed by atoms with van der Waals surface area (Å²) in [5, 5.41) is 4.89. The van der Waals surface area contributed by atoms with E-state index >= 15 is 0 Å². The first-order valence-corrected chi connectivity index (χ1v) is 13.9. The maximum Gasteiger partial charge on any atom is 0.146 e. The fraction of sp³-hybridized carbons (Fsp3) is 0.0278. The lowest BCUT2D eigenvalue weighted by molar-refractivity contribution is 1.18. The first kappa shape index (κ1) is 21.3. The third-order valence-corrected chi connectivity index (χ3v) is 8.85. The van der Waals surface area contributed by atoms with E-state index in [9.17, 15) is 0 Å². The van der Waals surface area contributed by atoms with E-state index in [0.29, 0.717) is 0 Å². The van der Waals surface area contributed by atoms with Crippen LogP contribution in [0.25, 0.3) is 77.1 Å². The van der Waals surface area contributed by atoms with Crippen LogP contribution in [0.4, 0.5) is 0 Å². The van der Waals surface area contributed by atoms with Gasteiger partial charge in [0.25, 0.3) is 0 Å². The summed E-state index contributed by atoms with van der Waals surface area (Å²) in [6, 6.07) is 34.9. The highest BCUT2D eigenvalue weighted by atomic mass is 15.0. The molecule has 5 aromatic heterocycles. The predicted octanol–water partition coefficient (Wildman–Crippen LogP) is 8.25. The standard InChI is InChI=1S/C36H21N5/c1-2-7-22(8-3-1)40-30-10-5-4-9-24(30)27-17-21-18-28-23(26(21)19-32(27)40)12-13-25-34(28)36-39-29-14-16-37-20-33(29)41(36)31-11-6-15-38-35(25)31/h1-17,19-20H,18H2. The molecule has 4 aromatic carbocycles. The Morgan fingerprint density at radius 3 is 2.46 bits per heavy atom. The van der Waals surface area contributed by atoms with E-state index in [1.54, 1.807) is 0 Å². The van der Waals surface area contributed by atoms with Crippen molar-refractivity contribution >= 4 is 60.3 Å². The molecule has 5 heterocycles. The third kappa shape index (κ3) is 2.68. The Balaban J connectivity index is 1.34. The summed E-state index contributed by atoms with van der Waals surface area (Å²) in [6.45, 7) is 0. The van der Waals surface area contributed by atoms with Crippen molar-refractivity contribution in [1.29, 1.82) is 0 Å². The van der Waals surface area contributed by atoms with Gasteiger partial charge < -0.3 is 4.57 Å². The number of pyridine rings is 3. The molecule has 1 aliphatic carbocycles. The SMILES string of the molecule is c1ccc(-n2c3ccccc3c3cc4c(cc32)-c2ccc3c5ncccc5n5c6cnccc6nc5c3c2C4)cc1. The minimum absolute atomic E-state index is 0.859. The zero-order valence-electron chi connectivity index (χ0n) is 21.9. The van der Waals surface area contributed by atoms with Gasteiger partial charge in [0.1, 0.15) is 5.65 Å². The molecule has 9 aromatic rings. The number of aromatic nitrogens is 5. The van der Waals surface area contributed by atoms with Gasteiger partial charge >= 0.3 is 0 Å². The summed E-state index contributed by atoms with van der Waals surface area (Å²) in [5.74, 6) is 0. The monoisotopic (exact) mass is 523 g/mol. The number of para-hydroxylation sites is 2. The molecule has 0 fully saturated rings. The summed E-state index contributed by atoms with van der Waals surface area (Å²) in [7, 11) is 0. The second-order valence-electron chi connectivity index (χ2n) is 10.9. The van der Waals surface area contributed by atoms with E-state index in [-0.39, 0.29) is 0 Å². The average molecular weight is 524 g/mol. The van der Waals surface area contributed by atoms with E-state index in [0.717, 1.165) is 39.5 Å². The molecule has 0 aliphatic heterocycles. The van der Waals surface area contributed by atoms with Crippen molar-refractivity contribution < 1.29 is 0 Å². The van der Waals surface area contributed by atoms with E-state index in [2.05, 4.69) is 98.9 Å². The number of imidazole rings is 1. The molecule has 0 unspecified atom stereocenters. The zero-order valence-corrected chi connectivity index (χ0v) is 21.9. The molecule has 41 heavy (non-hydrogen) atoms. The molecule has 0 bridgehead atoms. The molecule has 0 spiro atoms. The van der Waals surface area contributed by atoms with E-state index < -0.39 is 0 Å². The summed E-state index contributed by atoms with van der Waals surface area (Å²) >= 11 is 0. The lowest BCUT2D eigenvalue weighted by Gasteiger charge is -2.12. The van der Waals surface area contributed by atoms with Crippen LogP contribution in [-0.4, -0.2) is 23.9 Å². The number of hydrogen-bond donors (Lipinski definition) is 0. The molecule has 0 N–H and O–H groups in total. The number of nitrogens with zero attached hydrogens (tertiary/aromatic N) is 5. The van der Waals surface area contributed by atoms with Crippen LogP contribution in [0.1, 0.15) is 11.1 Å². The molecule has 5 heteroatoms. The van der Waals surface area contributed by atoms with Crippen LogP contribution in [0.2, 0.25) is 0 Å². The second-order valence-corrected chi connectivity index (χ2v) is 10.9. The maximum atomic E-state index is 5.16. The minimum atomic E-state index is 0.859. The Bertz CT molecular complexity index is 2550.